The SMILES string of the molecule is CC(=O)[C@H]1[C@H](CF)C[C@H]2[C@@H]3CCC4=CC(=O)CC[C@]4(C)[C@H]3[C@H](O)C[C@@]21C. The molecule has 26 heavy (non-hydrogen) atoms. The Kier molecular flexibility index (Phi) is 4.22. The van der Waals surface area contributed by atoms with Crippen LogP contribution in [0.15, 0.2) is 11.6 Å². The zero-order chi connectivity index (χ0) is 18.9. The molecule has 0 aromatic heterocycles. The van der Waals surface area contributed by atoms with E-state index < -0.39 is 12.8 Å². The van der Waals surface area contributed by atoms with E-state index in [0.717, 1.165) is 25.7 Å². The minimum Gasteiger partial charge on any atom is -0.393 e. The predicted octanol–water partition coefficient (Wildman–Crippen LogP) is 3.89. The molecule has 4 aliphatic rings. The van der Waals surface area contributed by atoms with E-state index >= 15 is 0 Å². The van der Waals surface area contributed by atoms with E-state index in [4.69, 9.17) is 0 Å². The zero-order valence-corrected chi connectivity index (χ0v) is 16.1. The molecule has 3 saturated carbocycles. The van der Waals surface area contributed by atoms with Crippen molar-refractivity contribution in [2.75, 3.05) is 6.67 Å². The fraction of sp³-hybridized carbons (Fsp3) is 0.818. The first-order valence-corrected chi connectivity index (χ1v) is 10.2. The fourth-order valence-electron chi connectivity index (χ4n) is 7.82. The van der Waals surface area contributed by atoms with Crippen molar-refractivity contribution >= 4 is 11.6 Å². The van der Waals surface area contributed by atoms with Crippen LogP contribution in [0.1, 0.15) is 59.3 Å². The van der Waals surface area contributed by atoms with Crippen LogP contribution in [0.25, 0.3) is 0 Å². The maximum Gasteiger partial charge on any atom is 0.155 e. The number of allylic oxidation sites excluding steroid dienone is 1. The molecule has 0 heterocycles. The number of Topliss-reactive ketones (excluding diaryl/α,β-unsaturated/α-hetero) is 1. The van der Waals surface area contributed by atoms with E-state index in [0.29, 0.717) is 24.7 Å². The van der Waals surface area contributed by atoms with Crippen molar-refractivity contribution in [3.05, 3.63) is 11.6 Å². The minimum atomic E-state index is -0.483. The molecular formula is C22H31FO3. The van der Waals surface area contributed by atoms with E-state index in [1.165, 1.54) is 5.57 Å². The highest BCUT2D eigenvalue weighted by Crippen LogP contribution is 2.67. The van der Waals surface area contributed by atoms with E-state index in [2.05, 4.69) is 13.8 Å². The lowest BCUT2D eigenvalue weighted by atomic mass is 9.46. The topological polar surface area (TPSA) is 54.4 Å². The fourth-order valence-corrected chi connectivity index (χ4v) is 7.82. The van der Waals surface area contributed by atoms with Crippen LogP contribution in [0.3, 0.4) is 0 Å². The molecule has 0 aliphatic heterocycles. The molecule has 1 N–H and O–H groups in total. The Labute approximate surface area is 155 Å². The van der Waals surface area contributed by atoms with Crippen LogP contribution in [0.4, 0.5) is 4.39 Å². The van der Waals surface area contributed by atoms with Gasteiger partial charge in [-0.3, -0.25) is 14.0 Å². The van der Waals surface area contributed by atoms with Gasteiger partial charge in [-0.1, -0.05) is 19.4 Å². The highest BCUT2D eigenvalue weighted by atomic mass is 19.1. The predicted molar refractivity (Wildman–Crippen MR) is 97.1 cm³/mol. The van der Waals surface area contributed by atoms with Gasteiger partial charge in [0.05, 0.1) is 12.8 Å². The van der Waals surface area contributed by atoms with Crippen molar-refractivity contribution in [1.29, 1.82) is 0 Å². The molecule has 0 bridgehead atoms. The molecule has 4 heteroatoms. The summed E-state index contributed by atoms with van der Waals surface area (Å²) in [5.41, 5.74) is 0.781. The van der Waals surface area contributed by atoms with Crippen molar-refractivity contribution in [3.63, 3.8) is 0 Å². The quantitative estimate of drug-likeness (QED) is 0.811. The van der Waals surface area contributed by atoms with Crippen LogP contribution in [0.2, 0.25) is 0 Å². The number of rotatable bonds is 2. The first-order valence-electron chi connectivity index (χ1n) is 10.2. The summed E-state index contributed by atoms with van der Waals surface area (Å²) in [5, 5.41) is 11.2. The lowest BCUT2D eigenvalue weighted by Crippen LogP contribution is -2.57. The third-order valence-corrected chi connectivity index (χ3v) is 8.71. The smallest absolute Gasteiger partial charge is 0.155 e. The molecule has 4 rings (SSSR count). The van der Waals surface area contributed by atoms with Gasteiger partial charge in [-0.2, -0.15) is 0 Å². The van der Waals surface area contributed by atoms with Crippen LogP contribution in [-0.4, -0.2) is 29.5 Å². The third-order valence-electron chi connectivity index (χ3n) is 8.71. The zero-order valence-electron chi connectivity index (χ0n) is 16.1. The van der Waals surface area contributed by atoms with E-state index in [9.17, 15) is 19.1 Å². The average Bonchev–Trinajstić information content (AvgIpc) is 2.87. The number of aliphatic hydroxyl groups is 1. The summed E-state index contributed by atoms with van der Waals surface area (Å²) < 4.78 is 13.8. The molecular weight excluding hydrogens is 331 g/mol. The second kappa shape index (κ2) is 5.98. The summed E-state index contributed by atoms with van der Waals surface area (Å²) in [6.45, 7) is 5.49. The molecule has 0 amide bonds. The van der Waals surface area contributed by atoms with Crippen molar-refractivity contribution in [3.8, 4) is 0 Å². The van der Waals surface area contributed by atoms with Crippen molar-refractivity contribution in [2.24, 2.45) is 40.4 Å². The monoisotopic (exact) mass is 362 g/mol. The van der Waals surface area contributed by atoms with Gasteiger partial charge in [-0.15, -0.1) is 0 Å². The van der Waals surface area contributed by atoms with E-state index in [1.54, 1.807) is 6.92 Å². The summed E-state index contributed by atoms with van der Waals surface area (Å²) >= 11 is 0. The number of hydrogen-bond donors (Lipinski definition) is 1. The molecule has 0 aromatic carbocycles. The third kappa shape index (κ3) is 2.33. The number of aliphatic hydroxyl groups excluding tert-OH is 1. The Bertz CT molecular complexity index is 670. The van der Waals surface area contributed by atoms with Crippen molar-refractivity contribution in [2.45, 2.75) is 65.4 Å². The highest BCUT2D eigenvalue weighted by Gasteiger charge is 2.64. The number of hydrogen-bond acceptors (Lipinski definition) is 3. The molecule has 0 aromatic rings. The Hall–Kier alpha value is -1.03. The normalized spacial score (nSPS) is 50.5. The molecule has 0 spiro atoms. The second-order valence-corrected chi connectivity index (χ2v) is 9.90. The Morgan fingerprint density at radius 2 is 2.08 bits per heavy atom. The van der Waals surface area contributed by atoms with Gasteiger partial charge in [-0.25, -0.2) is 0 Å². The summed E-state index contributed by atoms with van der Waals surface area (Å²) in [4.78, 5) is 24.3. The van der Waals surface area contributed by atoms with Crippen LogP contribution >= 0.6 is 0 Å². The summed E-state index contributed by atoms with van der Waals surface area (Å²) in [6, 6.07) is 0. The van der Waals surface area contributed by atoms with Gasteiger partial charge in [0.2, 0.25) is 0 Å². The molecule has 3 fully saturated rings. The molecule has 3 nitrogen and oxygen atoms in total. The van der Waals surface area contributed by atoms with Crippen molar-refractivity contribution in [1.82, 2.24) is 0 Å². The average molecular weight is 362 g/mol. The number of ketones is 2. The van der Waals surface area contributed by atoms with Crippen LogP contribution in [-0.2, 0) is 9.59 Å². The lowest BCUT2D eigenvalue weighted by Gasteiger charge is -2.59. The molecule has 0 unspecified atom stereocenters. The molecule has 144 valence electrons. The van der Waals surface area contributed by atoms with Gasteiger partial charge in [0.25, 0.3) is 0 Å². The van der Waals surface area contributed by atoms with E-state index in [-0.39, 0.29) is 40.2 Å². The Morgan fingerprint density at radius 3 is 2.73 bits per heavy atom. The second-order valence-electron chi connectivity index (χ2n) is 9.90. The van der Waals surface area contributed by atoms with E-state index in [1.807, 2.05) is 6.08 Å². The number of halogens is 1. The first-order chi connectivity index (χ1) is 12.2. The molecule has 4 aliphatic carbocycles. The van der Waals surface area contributed by atoms with Gasteiger partial charge in [0.1, 0.15) is 5.78 Å². The van der Waals surface area contributed by atoms with Crippen LogP contribution < -0.4 is 0 Å². The van der Waals surface area contributed by atoms with Gasteiger partial charge in [0.15, 0.2) is 5.78 Å². The minimum absolute atomic E-state index is 0.0779. The van der Waals surface area contributed by atoms with Crippen LogP contribution in [0.5, 0.6) is 0 Å². The summed E-state index contributed by atoms with van der Waals surface area (Å²) in [7, 11) is 0. The number of carbonyl (C=O) groups is 2. The highest BCUT2D eigenvalue weighted by molar-refractivity contribution is 5.91. The number of carbonyl (C=O) groups excluding carboxylic acids is 2. The van der Waals surface area contributed by atoms with Gasteiger partial charge >= 0.3 is 0 Å². The Morgan fingerprint density at radius 1 is 1.35 bits per heavy atom. The largest absolute Gasteiger partial charge is 0.393 e. The standard InChI is InChI=1S/C22H31FO3/c1-12(24)19-13(11-23)8-17-16-5-4-14-9-15(25)6-7-21(14,2)20(16)18(26)10-22(17,19)3/h9,13,16-20,26H,4-8,10-11H2,1-3H3/t13-,16-,17-,18+,19-,20+,21-,22-/m0/s1. The van der Waals surface area contributed by atoms with Crippen molar-refractivity contribution < 1.29 is 19.1 Å². The maximum atomic E-state index is 13.8. The summed E-state index contributed by atoms with van der Waals surface area (Å²) in [5.74, 6) is 0.547. The van der Waals surface area contributed by atoms with Gasteiger partial charge < -0.3 is 5.11 Å². The molecule has 0 saturated heterocycles. The lowest BCUT2D eigenvalue weighted by molar-refractivity contribution is -0.144. The van der Waals surface area contributed by atoms with Gasteiger partial charge in [0, 0.05) is 12.3 Å². The number of fused-ring (bicyclic) bond motifs is 5. The summed E-state index contributed by atoms with van der Waals surface area (Å²) in [6.07, 6.45) is 5.90. The Balaban J connectivity index is 1.74. The first kappa shape index (κ1) is 18.3. The molecule has 8 atom stereocenters. The molecule has 0 radical (unpaired) electrons. The van der Waals surface area contributed by atoms with Crippen LogP contribution in [0, 0.1) is 40.4 Å². The van der Waals surface area contributed by atoms with Gasteiger partial charge in [-0.05, 0) is 79.6 Å². The number of alkyl halides is 1. The maximum absolute atomic E-state index is 13.8.